The first-order valence-corrected chi connectivity index (χ1v) is 9.25. The number of guanidine groups is 1. The lowest BCUT2D eigenvalue weighted by molar-refractivity contribution is -0.137. The molecule has 168 valence electrons. The fourth-order valence-corrected chi connectivity index (χ4v) is 2.26. The molecule has 0 bridgehead atoms. The number of methoxy groups -OCH3 is 1. The van der Waals surface area contributed by atoms with Gasteiger partial charge in [-0.15, -0.1) is 24.0 Å². The monoisotopic (exact) mass is 533 g/mol. The van der Waals surface area contributed by atoms with Crippen LogP contribution in [-0.2, 0) is 15.7 Å². The molecule has 29 heavy (non-hydrogen) atoms. The number of ether oxygens (including phenoxy) is 3. The molecule has 0 amide bonds. The van der Waals surface area contributed by atoms with Crippen molar-refractivity contribution in [3.8, 4) is 5.75 Å². The third-order valence-electron chi connectivity index (χ3n) is 3.83. The van der Waals surface area contributed by atoms with Crippen LogP contribution in [-0.4, -0.2) is 59.1 Å². The van der Waals surface area contributed by atoms with Crippen LogP contribution < -0.4 is 15.4 Å². The molecular formula is C19H31F3IN3O3. The van der Waals surface area contributed by atoms with Crippen molar-refractivity contribution in [1.29, 1.82) is 0 Å². The molecule has 0 radical (unpaired) electrons. The number of nitrogens with zero attached hydrogens (tertiary/aromatic N) is 1. The fraction of sp³-hybridized carbons (Fsp3) is 0.632. The van der Waals surface area contributed by atoms with Gasteiger partial charge in [0.15, 0.2) is 5.96 Å². The highest BCUT2D eigenvalue weighted by Gasteiger charge is 2.30. The van der Waals surface area contributed by atoms with Gasteiger partial charge in [0.2, 0.25) is 0 Å². The van der Waals surface area contributed by atoms with E-state index in [4.69, 9.17) is 14.2 Å². The number of nitrogens with one attached hydrogen (secondary N) is 2. The molecule has 10 heteroatoms. The molecule has 0 fully saturated rings. The zero-order valence-electron chi connectivity index (χ0n) is 17.1. The van der Waals surface area contributed by atoms with E-state index >= 15 is 0 Å². The smallest absolute Gasteiger partial charge is 0.416 e. The molecule has 0 aliphatic carbocycles. The summed E-state index contributed by atoms with van der Waals surface area (Å²) < 4.78 is 54.4. The van der Waals surface area contributed by atoms with Gasteiger partial charge in [0.25, 0.3) is 0 Å². The number of aliphatic imine (C=N–C) groups is 1. The molecule has 0 heterocycles. The van der Waals surface area contributed by atoms with Gasteiger partial charge in [0.05, 0.1) is 25.3 Å². The predicted molar refractivity (Wildman–Crippen MR) is 118 cm³/mol. The highest BCUT2D eigenvalue weighted by Crippen LogP contribution is 2.31. The van der Waals surface area contributed by atoms with Crippen LogP contribution in [0.5, 0.6) is 5.75 Å². The average Bonchev–Trinajstić information content (AvgIpc) is 2.68. The lowest BCUT2D eigenvalue weighted by Crippen LogP contribution is -2.42. The Hall–Kier alpha value is -1.27. The molecule has 0 aliphatic rings. The number of benzene rings is 1. The first kappa shape index (κ1) is 27.7. The van der Waals surface area contributed by atoms with E-state index in [9.17, 15) is 13.2 Å². The Kier molecular flexibility index (Phi) is 14.9. The van der Waals surface area contributed by atoms with Crippen molar-refractivity contribution in [2.45, 2.75) is 32.0 Å². The van der Waals surface area contributed by atoms with Gasteiger partial charge in [-0.3, -0.25) is 4.99 Å². The van der Waals surface area contributed by atoms with E-state index in [1.165, 1.54) is 12.1 Å². The minimum Gasteiger partial charge on any atom is -0.489 e. The van der Waals surface area contributed by atoms with Crippen LogP contribution in [0.2, 0.25) is 0 Å². The fourth-order valence-electron chi connectivity index (χ4n) is 2.26. The van der Waals surface area contributed by atoms with Gasteiger partial charge in [-0.2, -0.15) is 13.2 Å². The average molecular weight is 533 g/mol. The largest absolute Gasteiger partial charge is 0.489 e. The first-order valence-electron chi connectivity index (χ1n) is 9.25. The highest BCUT2D eigenvalue weighted by molar-refractivity contribution is 14.0. The van der Waals surface area contributed by atoms with Crippen molar-refractivity contribution < 1.29 is 27.4 Å². The Morgan fingerprint density at radius 3 is 2.55 bits per heavy atom. The second kappa shape index (κ2) is 15.6. The molecule has 0 aliphatic heterocycles. The summed E-state index contributed by atoms with van der Waals surface area (Å²) in [5.74, 6) is 0.794. The van der Waals surface area contributed by atoms with Crippen LogP contribution in [0.4, 0.5) is 13.2 Å². The summed E-state index contributed by atoms with van der Waals surface area (Å²) in [6.07, 6.45) is -3.24. The van der Waals surface area contributed by atoms with Crippen molar-refractivity contribution in [3.63, 3.8) is 0 Å². The van der Waals surface area contributed by atoms with Gasteiger partial charge in [0, 0.05) is 27.3 Å². The number of alkyl halides is 3. The lowest BCUT2D eigenvalue weighted by atomic mass is 10.2. The second-order valence-corrected chi connectivity index (χ2v) is 6.01. The number of hydrogen-bond acceptors (Lipinski definition) is 4. The van der Waals surface area contributed by atoms with E-state index in [0.29, 0.717) is 45.3 Å². The quantitative estimate of drug-likeness (QED) is 0.186. The van der Waals surface area contributed by atoms with Crippen molar-refractivity contribution in [2.75, 3.05) is 47.1 Å². The molecule has 1 aromatic carbocycles. The van der Waals surface area contributed by atoms with Crippen molar-refractivity contribution in [2.24, 2.45) is 4.99 Å². The second-order valence-electron chi connectivity index (χ2n) is 6.01. The molecule has 0 saturated carbocycles. The van der Waals surface area contributed by atoms with Gasteiger partial charge in [-0.05, 0) is 31.0 Å². The lowest BCUT2D eigenvalue weighted by Gasteiger charge is -2.20. The number of rotatable bonds is 12. The summed E-state index contributed by atoms with van der Waals surface area (Å²) in [5, 5.41) is 6.28. The van der Waals surface area contributed by atoms with E-state index in [1.54, 1.807) is 14.2 Å². The van der Waals surface area contributed by atoms with E-state index in [0.717, 1.165) is 18.6 Å². The maximum atomic E-state index is 12.8. The highest BCUT2D eigenvalue weighted by atomic mass is 127. The van der Waals surface area contributed by atoms with Crippen LogP contribution in [0.3, 0.4) is 0 Å². The van der Waals surface area contributed by atoms with E-state index in [-0.39, 0.29) is 35.8 Å². The standard InChI is InChI=1S/C19H30F3N3O3.HI/c1-4-16(28-17-8-5-7-15(13-17)19(20,21)22)14-25-18(23-2)24-9-6-10-27-12-11-26-3;/h5,7-8,13,16H,4,6,9-12,14H2,1-3H3,(H2,23,24,25);1H. The maximum absolute atomic E-state index is 12.8. The van der Waals surface area contributed by atoms with Crippen LogP contribution in [0.15, 0.2) is 29.3 Å². The van der Waals surface area contributed by atoms with Crippen molar-refractivity contribution in [3.05, 3.63) is 29.8 Å². The Balaban J connectivity index is 0.00000784. The van der Waals surface area contributed by atoms with Crippen LogP contribution in [0.25, 0.3) is 0 Å². The van der Waals surface area contributed by atoms with Crippen LogP contribution in [0.1, 0.15) is 25.3 Å². The molecule has 0 saturated heterocycles. The predicted octanol–water partition coefficient (Wildman–Crippen LogP) is 3.70. The normalized spacial score (nSPS) is 12.8. The summed E-state index contributed by atoms with van der Waals surface area (Å²) in [7, 11) is 3.28. The van der Waals surface area contributed by atoms with Gasteiger partial charge < -0.3 is 24.8 Å². The topological polar surface area (TPSA) is 64.1 Å². The van der Waals surface area contributed by atoms with Gasteiger partial charge >= 0.3 is 6.18 Å². The molecule has 1 atom stereocenters. The Morgan fingerprint density at radius 1 is 1.17 bits per heavy atom. The SMILES string of the molecule is CCC(CNC(=NC)NCCCOCCOC)Oc1cccc(C(F)(F)F)c1.I. The molecule has 0 spiro atoms. The minimum atomic E-state index is -4.39. The molecular weight excluding hydrogens is 502 g/mol. The third kappa shape index (κ3) is 12.1. The third-order valence-corrected chi connectivity index (χ3v) is 3.83. The molecule has 0 aromatic heterocycles. The summed E-state index contributed by atoms with van der Waals surface area (Å²) in [6.45, 7) is 4.75. The Bertz CT molecular complexity index is 589. The molecule has 1 rings (SSSR count). The number of hydrogen-bond donors (Lipinski definition) is 2. The Labute approximate surface area is 187 Å². The summed E-state index contributed by atoms with van der Waals surface area (Å²) in [4.78, 5) is 4.12. The van der Waals surface area contributed by atoms with Crippen LogP contribution in [0, 0.1) is 0 Å². The van der Waals surface area contributed by atoms with Crippen molar-refractivity contribution >= 4 is 29.9 Å². The van der Waals surface area contributed by atoms with Gasteiger partial charge in [-0.25, -0.2) is 0 Å². The zero-order chi connectivity index (χ0) is 20.8. The molecule has 6 nitrogen and oxygen atoms in total. The maximum Gasteiger partial charge on any atom is 0.416 e. The van der Waals surface area contributed by atoms with E-state index in [1.807, 2.05) is 6.92 Å². The zero-order valence-corrected chi connectivity index (χ0v) is 19.4. The van der Waals surface area contributed by atoms with E-state index in [2.05, 4.69) is 15.6 Å². The minimum absolute atomic E-state index is 0. The summed E-state index contributed by atoms with van der Waals surface area (Å²) >= 11 is 0. The van der Waals surface area contributed by atoms with Gasteiger partial charge in [0.1, 0.15) is 11.9 Å². The molecule has 1 aromatic rings. The number of halogens is 4. The van der Waals surface area contributed by atoms with E-state index < -0.39 is 11.7 Å². The molecule has 2 N–H and O–H groups in total. The molecule has 1 unspecified atom stereocenters. The van der Waals surface area contributed by atoms with Gasteiger partial charge in [-0.1, -0.05) is 13.0 Å². The van der Waals surface area contributed by atoms with Crippen molar-refractivity contribution in [1.82, 2.24) is 10.6 Å². The first-order chi connectivity index (χ1) is 13.4. The summed E-state index contributed by atoms with van der Waals surface area (Å²) in [6, 6.07) is 4.90. The Morgan fingerprint density at radius 2 is 1.93 bits per heavy atom. The summed E-state index contributed by atoms with van der Waals surface area (Å²) in [5.41, 5.74) is -0.724. The van der Waals surface area contributed by atoms with Crippen LogP contribution >= 0.6 is 24.0 Å².